The highest BCUT2D eigenvalue weighted by Crippen LogP contribution is 2.50. The van der Waals surface area contributed by atoms with Gasteiger partial charge in [0.1, 0.15) is 0 Å². The predicted molar refractivity (Wildman–Crippen MR) is 137 cm³/mol. The number of hydrogen-bond donors (Lipinski definition) is 0. The van der Waals surface area contributed by atoms with E-state index in [0.29, 0.717) is 0 Å². The Balaban J connectivity index is 1.26. The lowest BCUT2D eigenvalue weighted by molar-refractivity contribution is 0.235. The second kappa shape index (κ2) is 9.29. The highest BCUT2D eigenvalue weighted by molar-refractivity contribution is 7.12. The zero-order chi connectivity index (χ0) is 22.8. The van der Waals surface area contributed by atoms with Gasteiger partial charge in [0.2, 0.25) is 0 Å². The van der Waals surface area contributed by atoms with Crippen LogP contribution in [0.3, 0.4) is 0 Å². The van der Waals surface area contributed by atoms with Crippen molar-refractivity contribution in [3.63, 3.8) is 0 Å². The summed E-state index contributed by atoms with van der Waals surface area (Å²) in [6.07, 6.45) is 15.5. The van der Waals surface area contributed by atoms with Crippen molar-refractivity contribution in [3.05, 3.63) is 101 Å². The van der Waals surface area contributed by atoms with Crippen molar-refractivity contribution in [2.75, 3.05) is 6.54 Å². The van der Waals surface area contributed by atoms with Crippen molar-refractivity contribution in [1.29, 1.82) is 0 Å². The SMILES string of the molecule is c1cncc(C2(CCN(Cc3cccn3-c3nccs3)Cc3cccn3-c3nccs3)CC2)c1. The van der Waals surface area contributed by atoms with Gasteiger partial charge < -0.3 is 0 Å². The van der Waals surface area contributed by atoms with Gasteiger partial charge in [0.15, 0.2) is 10.3 Å². The van der Waals surface area contributed by atoms with Gasteiger partial charge in [-0.2, -0.15) is 0 Å². The van der Waals surface area contributed by atoms with Gasteiger partial charge in [-0.15, -0.1) is 22.7 Å². The van der Waals surface area contributed by atoms with E-state index in [1.54, 1.807) is 22.7 Å². The van der Waals surface area contributed by atoms with Crippen LogP contribution in [-0.4, -0.2) is 35.5 Å². The molecule has 0 atom stereocenters. The van der Waals surface area contributed by atoms with Crippen LogP contribution in [0.15, 0.2) is 84.3 Å². The standard InChI is InChI=1S/C26H26N6S2/c1-4-21(18-27-10-1)26(7-8-26)9-15-30(19-22-5-2-13-31(22)24-28-11-16-33-24)20-23-6-3-14-32(23)25-29-12-17-34-25/h1-6,10-14,16-18H,7-9,15,19-20H2. The van der Waals surface area contributed by atoms with Crippen LogP contribution in [0.2, 0.25) is 0 Å². The molecule has 1 fully saturated rings. The molecule has 172 valence electrons. The molecular weight excluding hydrogens is 460 g/mol. The molecule has 0 amide bonds. The van der Waals surface area contributed by atoms with Gasteiger partial charge in [0.25, 0.3) is 0 Å². The van der Waals surface area contributed by atoms with Crippen LogP contribution in [0.5, 0.6) is 0 Å². The van der Waals surface area contributed by atoms with E-state index in [-0.39, 0.29) is 5.41 Å². The van der Waals surface area contributed by atoms with Gasteiger partial charge in [0.05, 0.1) is 0 Å². The Bertz CT molecular complexity index is 1240. The molecule has 0 aliphatic heterocycles. The molecule has 0 N–H and O–H groups in total. The van der Waals surface area contributed by atoms with Gasteiger partial charge in [-0.25, -0.2) is 9.97 Å². The summed E-state index contributed by atoms with van der Waals surface area (Å²) in [6.45, 7) is 2.73. The molecule has 0 bridgehead atoms. The highest BCUT2D eigenvalue weighted by atomic mass is 32.1. The zero-order valence-electron chi connectivity index (χ0n) is 18.8. The van der Waals surface area contributed by atoms with E-state index in [1.807, 2.05) is 29.4 Å². The Morgan fingerprint density at radius 2 is 1.47 bits per heavy atom. The number of hydrogen-bond acceptors (Lipinski definition) is 6. The minimum Gasteiger partial charge on any atom is -0.296 e. The van der Waals surface area contributed by atoms with Crippen LogP contribution in [0, 0.1) is 0 Å². The van der Waals surface area contributed by atoms with E-state index in [4.69, 9.17) is 0 Å². The summed E-state index contributed by atoms with van der Waals surface area (Å²) in [5.41, 5.74) is 4.18. The fraction of sp³-hybridized carbons (Fsp3) is 0.269. The molecule has 0 saturated heterocycles. The first kappa shape index (κ1) is 21.5. The van der Waals surface area contributed by atoms with Crippen LogP contribution in [0.1, 0.15) is 36.2 Å². The van der Waals surface area contributed by atoms with Gasteiger partial charge >= 0.3 is 0 Å². The van der Waals surface area contributed by atoms with Crippen LogP contribution in [-0.2, 0) is 18.5 Å². The average molecular weight is 487 g/mol. The first-order valence-corrected chi connectivity index (χ1v) is 13.3. The van der Waals surface area contributed by atoms with E-state index < -0.39 is 0 Å². The number of rotatable bonds is 10. The third kappa shape index (κ3) is 4.36. The third-order valence-corrected chi connectivity index (χ3v) is 8.26. The van der Waals surface area contributed by atoms with Crippen LogP contribution in [0.4, 0.5) is 0 Å². The van der Waals surface area contributed by atoms with Crippen LogP contribution < -0.4 is 0 Å². The quantitative estimate of drug-likeness (QED) is 0.254. The summed E-state index contributed by atoms with van der Waals surface area (Å²) in [5, 5.41) is 6.09. The number of nitrogens with zero attached hydrogens (tertiary/aromatic N) is 6. The topological polar surface area (TPSA) is 51.8 Å². The lowest BCUT2D eigenvalue weighted by Crippen LogP contribution is -2.28. The summed E-state index contributed by atoms with van der Waals surface area (Å²) in [7, 11) is 0. The van der Waals surface area contributed by atoms with Crippen molar-refractivity contribution in [2.45, 2.75) is 37.8 Å². The maximum atomic E-state index is 4.53. The maximum absolute atomic E-state index is 4.53. The molecule has 0 spiro atoms. The Hall–Kier alpha value is -3.07. The summed E-state index contributed by atoms with van der Waals surface area (Å²) in [6, 6.07) is 13.0. The fourth-order valence-electron chi connectivity index (χ4n) is 4.69. The van der Waals surface area contributed by atoms with E-state index in [1.165, 1.54) is 29.8 Å². The van der Waals surface area contributed by atoms with Gasteiger partial charge in [-0.1, -0.05) is 6.07 Å². The lowest BCUT2D eigenvalue weighted by Gasteiger charge is -2.26. The molecule has 6 rings (SSSR count). The number of thiazole rings is 2. The van der Waals surface area contributed by atoms with Crippen molar-refractivity contribution in [1.82, 2.24) is 29.0 Å². The molecule has 0 radical (unpaired) electrons. The molecule has 6 nitrogen and oxygen atoms in total. The molecule has 5 aromatic rings. The fourth-order valence-corrected chi connectivity index (χ4v) is 6.00. The highest BCUT2D eigenvalue weighted by Gasteiger charge is 2.44. The summed E-state index contributed by atoms with van der Waals surface area (Å²) in [4.78, 5) is 16.0. The van der Waals surface area contributed by atoms with E-state index in [9.17, 15) is 0 Å². The number of aromatic nitrogens is 5. The van der Waals surface area contributed by atoms with Crippen molar-refractivity contribution in [3.8, 4) is 10.3 Å². The first-order chi connectivity index (χ1) is 16.8. The average Bonchev–Trinajstić information content (AvgIpc) is 3.44. The first-order valence-electron chi connectivity index (χ1n) is 11.6. The number of pyridine rings is 1. The third-order valence-electron chi connectivity index (χ3n) is 6.72. The Morgan fingerprint density at radius 3 is 1.97 bits per heavy atom. The molecule has 1 aliphatic carbocycles. The second-order valence-corrected chi connectivity index (χ2v) is 10.6. The van der Waals surface area contributed by atoms with E-state index in [2.05, 4.69) is 84.0 Å². The van der Waals surface area contributed by atoms with Gasteiger partial charge in [0, 0.05) is 72.4 Å². The lowest BCUT2D eigenvalue weighted by atomic mass is 9.93. The molecular formula is C26H26N6S2. The van der Waals surface area contributed by atoms with Crippen molar-refractivity contribution in [2.24, 2.45) is 0 Å². The molecule has 1 aliphatic rings. The van der Waals surface area contributed by atoms with Gasteiger partial charge in [-0.05, 0) is 67.1 Å². The summed E-state index contributed by atoms with van der Waals surface area (Å²) >= 11 is 3.34. The van der Waals surface area contributed by atoms with Crippen LogP contribution >= 0.6 is 22.7 Å². The Morgan fingerprint density at radius 1 is 0.824 bits per heavy atom. The molecule has 5 heterocycles. The minimum absolute atomic E-state index is 0.279. The molecule has 8 heteroatoms. The molecule has 0 unspecified atom stereocenters. The largest absolute Gasteiger partial charge is 0.296 e. The van der Waals surface area contributed by atoms with Crippen molar-refractivity contribution >= 4 is 22.7 Å². The molecule has 1 saturated carbocycles. The smallest absolute Gasteiger partial charge is 0.193 e. The summed E-state index contributed by atoms with van der Waals surface area (Å²) < 4.78 is 4.43. The van der Waals surface area contributed by atoms with E-state index >= 15 is 0 Å². The second-order valence-electron chi connectivity index (χ2n) is 8.85. The molecule has 0 aromatic carbocycles. The van der Waals surface area contributed by atoms with Crippen molar-refractivity contribution < 1.29 is 0 Å². The Labute approximate surface area is 207 Å². The van der Waals surface area contributed by atoms with Crippen LogP contribution in [0.25, 0.3) is 10.3 Å². The van der Waals surface area contributed by atoms with E-state index in [0.717, 1.165) is 36.3 Å². The molecule has 34 heavy (non-hydrogen) atoms. The minimum atomic E-state index is 0.279. The Kier molecular flexibility index (Phi) is 5.86. The summed E-state index contributed by atoms with van der Waals surface area (Å²) in [5.74, 6) is 0. The zero-order valence-corrected chi connectivity index (χ0v) is 20.5. The monoisotopic (exact) mass is 486 g/mol. The maximum Gasteiger partial charge on any atom is 0.193 e. The normalized spacial score (nSPS) is 14.6. The molecule has 5 aromatic heterocycles. The predicted octanol–water partition coefficient (Wildman–Crippen LogP) is 5.70. The van der Waals surface area contributed by atoms with Gasteiger partial charge in [-0.3, -0.25) is 19.0 Å².